The summed E-state index contributed by atoms with van der Waals surface area (Å²) in [5, 5.41) is 53.7. The number of hydrogen-bond donors (Lipinski definition) is 5. The van der Waals surface area contributed by atoms with Gasteiger partial charge in [0.05, 0.1) is 16.6 Å². The van der Waals surface area contributed by atoms with Crippen molar-refractivity contribution in [2.45, 2.75) is 0 Å². The molecular weight excluding hydrogens is 472 g/mol. The van der Waals surface area contributed by atoms with Gasteiger partial charge in [-0.1, -0.05) is 36.4 Å². The molecule has 4 heterocycles. The number of aromatic hydroxyl groups is 5. The molecule has 4 aromatic heterocycles. The molecule has 0 aliphatic heterocycles. The van der Waals surface area contributed by atoms with Crippen LogP contribution in [0.4, 0.5) is 0 Å². The number of para-hydroxylation sites is 2. The number of benzene rings is 3. The number of hydrogen-bond acceptors (Lipinski definition) is 7. The van der Waals surface area contributed by atoms with Crippen molar-refractivity contribution in [2.75, 3.05) is 0 Å². The predicted molar refractivity (Wildman–Crippen MR) is 139 cm³/mol. The molecule has 0 saturated heterocycles. The first-order chi connectivity index (χ1) is 18.0. The molecule has 7 rings (SSSR count). The van der Waals surface area contributed by atoms with E-state index in [1.807, 2.05) is 60.7 Å². The third-order valence-corrected chi connectivity index (χ3v) is 6.71. The Kier molecular flexibility index (Phi) is 4.11. The lowest BCUT2D eigenvalue weighted by molar-refractivity contribution is 0.327. The third kappa shape index (κ3) is 2.67. The maximum atomic E-state index is 10.8. The molecule has 180 valence electrons. The smallest absolute Gasteiger partial charge is 0.208 e. The lowest BCUT2D eigenvalue weighted by atomic mass is 10.1. The second-order valence-corrected chi connectivity index (χ2v) is 8.71. The van der Waals surface area contributed by atoms with Gasteiger partial charge in [-0.2, -0.15) is 0 Å². The van der Waals surface area contributed by atoms with E-state index in [-0.39, 0.29) is 5.69 Å². The zero-order valence-electron chi connectivity index (χ0n) is 19.0. The second-order valence-electron chi connectivity index (χ2n) is 8.71. The van der Waals surface area contributed by atoms with E-state index in [1.54, 1.807) is 18.3 Å². The van der Waals surface area contributed by atoms with Crippen LogP contribution < -0.4 is 0 Å². The van der Waals surface area contributed by atoms with E-state index >= 15 is 0 Å². The van der Waals surface area contributed by atoms with E-state index < -0.39 is 28.7 Å². The normalized spacial score (nSPS) is 11.8. The van der Waals surface area contributed by atoms with Crippen molar-refractivity contribution in [3.63, 3.8) is 0 Å². The summed E-state index contributed by atoms with van der Waals surface area (Å²) in [6.45, 7) is 0. The van der Waals surface area contributed by atoms with Crippen LogP contribution >= 0.6 is 0 Å². The Balaban J connectivity index is 1.71. The van der Waals surface area contributed by atoms with Gasteiger partial charge >= 0.3 is 0 Å². The minimum atomic E-state index is -1.02. The molecule has 0 atom stereocenters. The average Bonchev–Trinajstić information content (AvgIpc) is 3.43. The number of rotatable bonds is 2. The van der Waals surface area contributed by atoms with Crippen LogP contribution in [0.5, 0.6) is 28.7 Å². The van der Waals surface area contributed by atoms with E-state index in [2.05, 4.69) is 9.55 Å². The van der Waals surface area contributed by atoms with Crippen LogP contribution in [0.25, 0.3) is 55.4 Å². The summed E-state index contributed by atoms with van der Waals surface area (Å²) in [4.78, 5) is 9.54. The molecule has 0 saturated carbocycles. The van der Waals surface area contributed by atoms with Crippen LogP contribution in [0.2, 0.25) is 0 Å². The molecule has 0 aliphatic carbocycles. The lowest BCUT2D eigenvalue weighted by Crippen LogP contribution is -1.97. The third-order valence-electron chi connectivity index (χ3n) is 6.71. The fourth-order valence-corrected chi connectivity index (χ4v) is 5.07. The van der Waals surface area contributed by atoms with Gasteiger partial charge in [-0.25, -0.2) is 4.98 Å². The Labute approximate surface area is 208 Å². The number of fused-ring (bicyclic) bond motifs is 6. The molecule has 37 heavy (non-hydrogen) atoms. The minimum Gasteiger partial charge on any atom is -0.503 e. The van der Waals surface area contributed by atoms with Crippen molar-refractivity contribution >= 4 is 44.0 Å². The fraction of sp³-hybridized carbons (Fsp3) is 0. The molecule has 7 aromatic rings. The van der Waals surface area contributed by atoms with E-state index in [9.17, 15) is 25.5 Å². The van der Waals surface area contributed by atoms with Crippen molar-refractivity contribution in [2.24, 2.45) is 0 Å². The van der Waals surface area contributed by atoms with Gasteiger partial charge in [0.15, 0.2) is 11.5 Å². The molecule has 0 aliphatic rings. The second kappa shape index (κ2) is 7.28. The molecule has 0 amide bonds. The minimum absolute atomic E-state index is 0.311. The van der Waals surface area contributed by atoms with E-state index in [4.69, 9.17) is 4.98 Å². The van der Waals surface area contributed by atoms with Crippen LogP contribution in [0.15, 0.2) is 79.0 Å². The molecule has 9 nitrogen and oxygen atoms in total. The van der Waals surface area contributed by atoms with Gasteiger partial charge in [0.25, 0.3) is 0 Å². The zero-order chi connectivity index (χ0) is 25.4. The van der Waals surface area contributed by atoms with Crippen LogP contribution in [0, 0.1) is 0 Å². The highest BCUT2D eigenvalue weighted by Crippen LogP contribution is 2.54. The van der Waals surface area contributed by atoms with Crippen molar-refractivity contribution in [3.05, 3.63) is 79.0 Å². The zero-order valence-corrected chi connectivity index (χ0v) is 19.0. The van der Waals surface area contributed by atoms with Gasteiger partial charge in [0, 0.05) is 22.7 Å². The number of phenols is 5. The largest absolute Gasteiger partial charge is 0.503 e. The Morgan fingerprint density at radius 3 is 1.95 bits per heavy atom. The highest BCUT2D eigenvalue weighted by molar-refractivity contribution is 6.15. The average molecular weight is 490 g/mol. The van der Waals surface area contributed by atoms with Gasteiger partial charge in [0.2, 0.25) is 17.2 Å². The van der Waals surface area contributed by atoms with Gasteiger partial charge < -0.3 is 25.5 Å². The molecule has 9 heteroatoms. The van der Waals surface area contributed by atoms with Gasteiger partial charge in [0.1, 0.15) is 22.4 Å². The van der Waals surface area contributed by atoms with Crippen LogP contribution in [-0.2, 0) is 0 Å². The van der Waals surface area contributed by atoms with E-state index in [1.165, 1.54) is 4.57 Å². The predicted octanol–water partition coefficient (Wildman–Crippen LogP) is 5.20. The molecule has 3 aromatic carbocycles. The van der Waals surface area contributed by atoms with E-state index in [0.717, 1.165) is 22.0 Å². The molecule has 0 unspecified atom stereocenters. The molecule has 0 spiro atoms. The Morgan fingerprint density at radius 1 is 0.541 bits per heavy atom. The summed E-state index contributed by atoms with van der Waals surface area (Å²) >= 11 is 0. The maximum absolute atomic E-state index is 10.8. The van der Waals surface area contributed by atoms with Crippen molar-refractivity contribution in [1.82, 2.24) is 19.1 Å². The molecule has 0 bridgehead atoms. The number of phenolic OH excluding ortho intramolecular Hbond substituents is 5. The highest BCUT2D eigenvalue weighted by atomic mass is 16.4. The summed E-state index contributed by atoms with van der Waals surface area (Å²) in [5.41, 5.74) is 4.14. The fourth-order valence-electron chi connectivity index (χ4n) is 5.07. The van der Waals surface area contributed by atoms with Crippen LogP contribution in [-0.4, -0.2) is 44.6 Å². The van der Waals surface area contributed by atoms with Crippen LogP contribution in [0.3, 0.4) is 0 Å². The number of nitrogens with zero attached hydrogens (tertiary/aromatic N) is 4. The number of aromatic nitrogens is 4. The standard InChI is InChI=1S/C28H18N4O5/c33-23-22(24(34)26(36)27(37)25(23)35)32-18-11-6-12-29-20(18)21-19(32)13-16-15-9-4-5-10-17(15)31(28(16)30-21)14-7-2-1-3-8-14/h1-13,33-37H. The summed E-state index contributed by atoms with van der Waals surface area (Å²) < 4.78 is 3.52. The first-order valence-corrected chi connectivity index (χ1v) is 11.4. The summed E-state index contributed by atoms with van der Waals surface area (Å²) in [6.07, 6.45) is 1.61. The summed E-state index contributed by atoms with van der Waals surface area (Å²) in [7, 11) is 0. The van der Waals surface area contributed by atoms with Crippen molar-refractivity contribution in [1.29, 1.82) is 0 Å². The summed E-state index contributed by atoms with van der Waals surface area (Å²) in [5.74, 6) is -4.55. The Bertz CT molecular complexity index is 2010. The van der Waals surface area contributed by atoms with Crippen molar-refractivity contribution < 1.29 is 25.5 Å². The van der Waals surface area contributed by atoms with Gasteiger partial charge in [-0.3, -0.25) is 14.1 Å². The van der Waals surface area contributed by atoms with Crippen LogP contribution in [0.1, 0.15) is 0 Å². The molecule has 0 fully saturated rings. The molecular formula is C28H18N4O5. The van der Waals surface area contributed by atoms with Gasteiger partial charge in [-0.15, -0.1) is 0 Å². The first-order valence-electron chi connectivity index (χ1n) is 11.4. The first kappa shape index (κ1) is 20.9. The van der Waals surface area contributed by atoms with Crippen molar-refractivity contribution in [3.8, 4) is 40.1 Å². The Morgan fingerprint density at radius 2 is 1.19 bits per heavy atom. The highest BCUT2D eigenvalue weighted by Gasteiger charge is 2.28. The Hall–Kier alpha value is -5.44. The quantitative estimate of drug-likeness (QED) is 0.166. The van der Waals surface area contributed by atoms with Gasteiger partial charge in [-0.05, 0) is 36.4 Å². The monoisotopic (exact) mass is 490 g/mol. The van der Waals surface area contributed by atoms with E-state index in [0.29, 0.717) is 27.7 Å². The summed E-state index contributed by atoms with van der Waals surface area (Å²) in [6, 6.07) is 23.0. The molecule has 0 radical (unpaired) electrons. The molecule has 5 N–H and O–H groups in total. The topological polar surface area (TPSA) is 137 Å². The maximum Gasteiger partial charge on any atom is 0.208 e. The SMILES string of the molecule is Oc1c(O)c(O)c(-n2c3cccnc3c3nc4c(cc32)c2ccccc2n4-c2ccccc2)c(O)c1O. The number of pyridine rings is 2. The lowest BCUT2D eigenvalue weighted by Gasteiger charge is -2.15.